The van der Waals surface area contributed by atoms with Gasteiger partial charge in [0.05, 0.1) is 28.8 Å². The summed E-state index contributed by atoms with van der Waals surface area (Å²) in [6.45, 7) is 4.25. The molecule has 2 N–H and O–H groups in total. The number of carbonyl (C=O) groups excluding carboxylic acids is 1. The molecule has 1 amide bonds. The molecule has 4 aromatic rings. The van der Waals surface area contributed by atoms with Crippen molar-refractivity contribution in [1.29, 1.82) is 0 Å². The van der Waals surface area contributed by atoms with Crippen molar-refractivity contribution in [1.82, 2.24) is 4.98 Å². The number of carboxylic acids is 1. The maximum atomic E-state index is 12.6. The lowest BCUT2D eigenvalue weighted by Gasteiger charge is -2.16. The molecule has 0 aliphatic carbocycles. The highest BCUT2D eigenvalue weighted by Crippen LogP contribution is 2.32. The van der Waals surface area contributed by atoms with Gasteiger partial charge in [0, 0.05) is 16.1 Å². The van der Waals surface area contributed by atoms with Crippen molar-refractivity contribution in [2.45, 2.75) is 49.1 Å². The Bertz CT molecular complexity index is 1470. The number of aromatic nitrogens is 1. The SMILES string of the molecule is CCC(CC)Oc1ccc2cc(Sc3ccc(CC(=O)Nc4c(Cl)cc(Cl)cc4C(=O)O)cn3)ccc2c1. The zero-order chi connectivity index (χ0) is 27.2. The Balaban J connectivity index is 1.40. The monoisotopic (exact) mass is 568 g/mol. The van der Waals surface area contributed by atoms with Crippen molar-refractivity contribution < 1.29 is 19.4 Å². The van der Waals surface area contributed by atoms with Crippen LogP contribution in [0.25, 0.3) is 10.8 Å². The average molecular weight is 570 g/mol. The predicted octanol–water partition coefficient (Wildman–Crippen LogP) is 8.14. The summed E-state index contributed by atoms with van der Waals surface area (Å²) < 4.78 is 6.06. The van der Waals surface area contributed by atoms with E-state index in [1.165, 1.54) is 23.9 Å². The molecule has 3 aromatic carbocycles. The van der Waals surface area contributed by atoms with Crippen LogP contribution in [0.4, 0.5) is 5.69 Å². The van der Waals surface area contributed by atoms with Crippen molar-refractivity contribution in [3.63, 3.8) is 0 Å². The smallest absolute Gasteiger partial charge is 0.337 e. The molecular weight excluding hydrogens is 543 g/mol. The van der Waals surface area contributed by atoms with Crippen molar-refractivity contribution in [3.8, 4) is 5.75 Å². The van der Waals surface area contributed by atoms with Crippen LogP contribution < -0.4 is 10.1 Å². The van der Waals surface area contributed by atoms with Crippen LogP contribution in [0.3, 0.4) is 0 Å². The van der Waals surface area contributed by atoms with E-state index in [1.54, 1.807) is 6.20 Å². The highest BCUT2D eigenvalue weighted by atomic mass is 35.5. The second-order valence-electron chi connectivity index (χ2n) is 8.67. The molecule has 4 rings (SSSR count). The zero-order valence-corrected chi connectivity index (χ0v) is 23.2. The van der Waals surface area contributed by atoms with Crippen LogP contribution in [0.1, 0.15) is 42.6 Å². The molecule has 0 saturated carbocycles. The second kappa shape index (κ2) is 12.5. The number of aromatic carboxylic acids is 1. The summed E-state index contributed by atoms with van der Waals surface area (Å²) >= 11 is 13.5. The number of amides is 1. The lowest BCUT2D eigenvalue weighted by Crippen LogP contribution is -2.17. The number of carbonyl (C=O) groups is 2. The molecule has 0 radical (unpaired) electrons. The molecule has 0 bridgehead atoms. The van der Waals surface area contributed by atoms with E-state index in [2.05, 4.69) is 48.4 Å². The molecule has 0 saturated heterocycles. The van der Waals surface area contributed by atoms with Gasteiger partial charge in [0.25, 0.3) is 0 Å². The van der Waals surface area contributed by atoms with E-state index >= 15 is 0 Å². The van der Waals surface area contributed by atoms with E-state index in [9.17, 15) is 14.7 Å². The molecule has 1 heterocycles. The number of halogens is 2. The van der Waals surface area contributed by atoms with Crippen molar-refractivity contribution in [3.05, 3.63) is 88.0 Å². The van der Waals surface area contributed by atoms with Gasteiger partial charge in [-0.1, -0.05) is 67.0 Å². The Morgan fingerprint density at radius 1 is 1.00 bits per heavy atom. The highest BCUT2D eigenvalue weighted by molar-refractivity contribution is 7.99. The summed E-state index contributed by atoms with van der Waals surface area (Å²) in [5.74, 6) is -0.775. The number of pyridine rings is 1. The fourth-order valence-electron chi connectivity index (χ4n) is 3.92. The molecule has 0 atom stereocenters. The lowest BCUT2D eigenvalue weighted by molar-refractivity contribution is -0.115. The summed E-state index contributed by atoms with van der Waals surface area (Å²) in [7, 11) is 0. The Morgan fingerprint density at radius 2 is 1.74 bits per heavy atom. The summed E-state index contributed by atoms with van der Waals surface area (Å²) in [5.41, 5.74) is 0.516. The molecular formula is C29H26Cl2N2O4S. The molecule has 196 valence electrons. The predicted molar refractivity (Wildman–Crippen MR) is 153 cm³/mol. The standard InChI is InChI=1S/C29H26Cl2N2O4S/c1-3-21(4-2)37-22-8-6-19-13-23(9-7-18(19)12-22)38-27-10-5-17(16-32-27)11-26(34)33-28-24(29(35)36)14-20(30)15-25(28)31/h5-10,12-16,21H,3-4,11H2,1-2H3,(H,33,34)(H,35,36). The molecule has 0 spiro atoms. The van der Waals surface area contributed by atoms with E-state index in [-0.39, 0.29) is 33.8 Å². The summed E-state index contributed by atoms with van der Waals surface area (Å²) in [5, 5.41) is 15.2. The van der Waals surface area contributed by atoms with Crippen LogP contribution in [-0.4, -0.2) is 28.1 Å². The number of fused-ring (bicyclic) bond motifs is 1. The quantitative estimate of drug-likeness (QED) is 0.200. The lowest BCUT2D eigenvalue weighted by atomic mass is 10.1. The Morgan fingerprint density at radius 3 is 2.42 bits per heavy atom. The molecule has 0 aliphatic rings. The van der Waals surface area contributed by atoms with Gasteiger partial charge in [-0.2, -0.15) is 0 Å². The van der Waals surface area contributed by atoms with Crippen LogP contribution in [0, 0.1) is 0 Å². The van der Waals surface area contributed by atoms with Crippen molar-refractivity contribution in [2.75, 3.05) is 5.32 Å². The topological polar surface area (TPSA) is 88.5 Å². The van der Waals surface area contributed by atoms with Gasteiger partial charge in [0.2, 0.25) is 5.91 Å². The van der Waals surface area contributed by atoms with E-state index in [4.69, 9.17) is 27.9 Å². The maximum Gasteiger partial charge on any atom is 0.337 e. The van der Waals surface area contributed by atoms with Crippen LogP contribution in [0.5, 0.6) is 5.75 Å². The molecule has 6 nitrogen and oxygen atoms in total. The van der Waals surface area contributed by atoms with E-state index in [0.29, 0.717) is 5.56 Å². The van der Waals surface area contributed by atoms with Gasteiger partial charge >= 0.3 is 5.97 Å². The fraction of sp³-hybridized carbons (Fsp3) is 0.207. The molecule has 0 unspecified atom stereocenters. The van der Waals surface area contributed by atoms with E-state index in [0.717, 1.165) is 39.3 Å². The number of benzene rings is 3. The van der Waals surface area contributed by atoms with E-state index < -0.39 is 11.9 Å². The maximum absolute atomic E-state index is 12.6. The van der Waals surface area contributed by atoms with Gasteiger partial charge < -0.3 is 15.2 Å². The minimum atomic E-state index is -1.24. The first-order valence-corrected chi connectivity index (χ1v) is 13.7. The third-order valence-electron chi connectivity index (χ3n) is 5.93. The number of nitrogens with zero attached hydrogens (tertiary/aromatic N) is 1. The first-order valence-electron chi connectivity index (χ1n) is 12.1. The third kappa shape index (κ3) is 6.98. The number of ether oxygens (including phenoxy) is 1. The largest absolute Gasteiger partial charge is 0.490 e. The van der Waals surface area contributed by atoms with Gasteiger partial charge in [0.1, 0.15) is 10.8 Å². The van der Waals surface area contributed by atoms with Gasteiger partial charge in [-0.3, -0.25) is 4.79 Å². The Labute approximate surface area is 235 Å². The number of hydrogen-bond acceptors (Lipinski definition) is 5. The van der Waals surface area contributed by atoms with Crippen molar-refractivity contribution in [2.24, 2.45) is 0 Å². The second-order valence-corrected chi connectivity index (χ2v) is 10.6. The number of anilines is 1. The van der Waals surface area contributed by atoms with E-state index in [1.807, 2.05) is 24.3 Å². The first kappa shape index (κ1) is 27.8. The van der Waals surface area contributed by atoms with Crippen LogP contribution >= 0.6 is 35.0 Å². The zero-order valence-electron chi connectivity index (χ0n) is 20.8. The van der Waals surface area contributed by atoms with Gasteiger partial charge in [-0.25, -0.2) is 9.78 Å². The van der Waals surface area contributed by atoms with Gasteiger partial charge in [-0.05, 0) is 71.6 Å². The number of hydrogen-bond donors (Lipinski definition) is 2. The minimum absolute atomic E-state index is 0.00720. The summed E-state index contributed by atoms with van der Waals surface area (Å²) in [6, 6.07) is 18.7. The van der Waals surface area contributed by atoms with Gasteiger partial charge in [-0.15, -0.1) is 0 Å². The van der Waals surface area contributed by atoms with Crippen LogP contribution in [-0.2, 0) is 11.2 Å². The highest BCUT2D eigenvalue weighted by Gasteiger charge is 2.18. The average Bonchev–Trinajstić information content (AvgIpc) is 2.89. The number of nitrogens with one attached hydrogen (secondary N) is 1. The van der Waals surface area contributed by atoms with Gasteiger partial charge in [0.15, 0.2) is 0 Å². The summed E-state index contributed by atoms with van der Waals surface area (Å²) in [6.07, 6.45) is 3.81. The third-order valence-corrected chi connectivity index (χ3v) is 7.39. The van der Waals surface area contributed by atoms with Crippen molar-refractivity contribution >= 4 is 63.3 Å². The first-order chi connectivity index (χ1) is 18.2. The fourth-order valence-corrected chi connectivity index (χ4v) is 5.27. The molecule has 38 heavy (non-hydrogen) atoms. The summed E-state index contributed by atoms with van der Waals surface area (Å²) in [4.78, 5) is 29.6. The molecule has 0 fully saturated rings. The Hall–Kier alpha value is -3.26. The minimum Gasteiger partial charge on any atom is -0.490 e. The van der Waals surface area contributed by atoms with Crippen LogP contribution in [0.15, 0.2) is 76.8 Å². The normalized spacial score (nSPS) is 11.1. The molecule has 1 aromatic heterocycles. The molecule has 0 aliphatic heterocycles. The van der Waals surface area contributed by atoms with Crippen LogP contribution in [0.2, 0.25) is 10.0 Å². The number of rotatable bonds is 10. The molecule has 9 heteroatoms. The Kier molecular flexibility index (Phi) is 9.15. The number of carboxylic acid groups (broad SMARTS) is 1.